The predicted molar refractivity (Wildman–Crippen MR) is 112 cm³/mol. The normalized spacial score (nSPS) is 11.0. The molecular weight excluding hydrogens is 482 g/mol. The van der Waals surface area contributed by atoms with Crippen LogP contribution >= 0.6 is 11.8 Å². The maximum Gasteiger partial charge on any atom is 0.375 e. The first kappa shape index (κ1) is 28.1. The van der Waals surface area contributed by atoms with E-state index in [1.807, 2.05) is 0 Å². The lowest BCUT2D eigenvalue weighted by Gasteiger charge is -2.14. The zero-order chi connectivity index (χ0) is 25.7. The van der Waals surface area contributed by atoms with Crippen molar-refractivity contribution in [1.29, 1.82) is 0 Å². The molecule has 34 heavy (non-hydrogen) atoms. The second kappa shape index (κ2) is 14.2. The van der Waals surface area contributed by atoms with Crippen molar-refractivity contribution < 1.29 is 48.5 Å². The third-order valence-corrected chi connectivity index (χ3v) is 4.80. The van der Waals surface area contributed by atoms with Gasteiger partial charge in [-0.05, 0) is 16.7 Å². The molecule has 0 aliphatic rings. The Labute approximate surface area is 196 Å². The maximum atomic E-state index is 12.0. The number of methoxy groups -OCH3 is 1. The highest BCUT2D eigenvalue weighted by Gasteiger charge is 2.22. The van der Waals surface area contributed by atoms with Crippen molar-refractivity contribution in [3.63, 3.8) is 0 Å². The highest BCUT2D eigenvalue weighted by Crippen LogP contribution is 2.15. The van der Waals surface area contributed by atoms with Gasteiger partial charge in [0, 0.05) is 12.7 Å². The van der Waals surface area contributed by atoms with Crippen LogP contribution in [0.3, 0.4) is 0 Å². The van der Waals surface area contributed by atoms with Gasteiger partial charge in [0.1, 0.15) is 25.9 Å². The number of ether oxygens (including phenoxy) is 2. The molecule has 0 aliphatic carbocycles. The number of esters is 2. The van der Waals surface area contributed by atoms with Gasteiger partial charge in [-0.2, -0.15) is 11.8 Å². The Balaban J connectivity index is 2.69. The number of thioether (sulfide) groups is 1. The lowest BCUT2D eigenvalue weighted by Crippen LogP contribution is -2.42. The molecule has 0 spiro atoms. The van der Waals surface area contributed by atoms with E-state index in [9.17, 15) is 39.4 Å². The summed E-state index contributed by atoms with van der Waals surface area (Å²) in [5.74, 6) is -3.65. The van der Waals surface area contributed by atoms with Crippen molar-refractivity contribution in [2.75, 3.05) is 18.6 Å². The number of hydrogen-bond acceptors (Lipinski definition) is 13. The zero-order valence-corrected chi connectivity index (χ0v) is 18.9. The molecule has 1 aromatic carbocycles. The lowest BCUT2D eigenvalue weighted by molar-refractivity contribution is -0.763. The van der Waals surface area contributed by atoms with Crippen molar-refractivity contribution in [3.8, 4) is 0 Å². The summed E-state index contributed by atoms with van der Waals surface area (Å²) in [6.07, 6.45) is 0. The van der Waals surface area contributed by atoms with E-state index < -0.39 is 59.7 Å². The number of Topliss-reactive ketones (excluding diaryl/α,β-unsaturated/α-hetero) is 1. The van der Waals surface area contributed by atoms with E-state index in [0.29, 0.717) is 0 Å². The van der Waals surface area contributed by atoms with Gasteiger partial charge in [-0.3, -0.25) is 9.59 Å². The zero-order valence-electron chi connectivity index (χ0n) is 18.0. The summed E-state index contributed by atoms with van der Waals surface area (Å²) in [6, 6.07) is 3.15. The van der Waals surface area contributed by atoms with Gasteiger partial charge in [0.15, 0.2) is 0 Å². The van der Waals surface area contributed by atoms with Gasteiger partial charge in [0.25, 0.3) is 10.2 Å². The fourth-order valence-corrected chi connectivity index (χ4v) is 3.33. The number of carbonyl (C=O) groups excluding carboxylic acids is 4. The minimum atomic E-state index is -1.18. The van der Waals surface area contributed by atoms with Crippen LogP contribution in [0.2, 0.25) is 0 Å². The Morgan fingerprint density at radius 2 is 1.47 bits per heavy atom. The number of nitrogens with one attached hydrogen (secondary N) is 1. The Morgan fingerprint density at radius 3 is 1.91 bits per heavy atom. The fourth-order valence-electron chi connectivity index (χ4n) is 2.46. The molecule has 0 saturated carbocycles. The van der Waals surface area contributed by atoms with Crippen LogP contribution in [0.25, 0.3) is 0 Å². The standard InChI is InChI=1S/C18H21N3O12S/c1-11(22)19-15(17(24)30-2)9-34-10-16(23)18(25)31-6-12-3-13(7-32-20(26)27)5-14(4-12)8-33-21(28)29/h3-5,15H,6-10H2,1-2H3,(H,19,22)/t15-/m1/s1. The molecule has 0 radical (unpaired) electrons. The quantitative estimate of drug-likeness (QED) is 0.146. The average Bonchev–Trinajstić information content (AvgIpc) is 2.78. The van der Waals surface area contributed by atoms with Gasteiger partial charge >= 0.3 is 11.9 Å². The van der Waals surface area contributed by atoms with Gasteiger partial charge in [0.2, 0.25) is 11.7 Å². The highest BCUT2D eigenvalue weighted by atomic mass is 32.2. The fraction of sp³-hybridized carbons (Fsp3) is 0.444. The molecular formula is C18H21N3O12S. The summed E-state index contributed by atoms with van der Waals surface area (Å²) in [5, 5.41) is 21.1. The molecule has 1 aromatic rings. The molecule has 0 bridgehead atoms. The molecule has 0 aromatic heterocycles. The second-order valence-electron chi connectivity index (χ2n) is 6.44. The van der Waals surface area contributed by atoms with E-state index in [4.69, 9.17) is 4.74 Å². The van der Waals surface area contributed by atoms with E-state index in [1.54, 1.807) is 0 Å². The minimum Gasteiger partial charge on any atom is -0.467 e. The van der Waals surface area contributed by atoms with Crippen molar-refractivity contribution in [2.45, 2.75) is 32.8 Å². The summed E-state index contributed by atoms with van der Waals surface area (Å²) in [7, 11) is 1.14. The molecule has 0 aliphatic heterocycles. The summed E-state index contributed by atoms with van der Waals surface area (Å²) in [4.78, 5) is 76.1. The smallest absolute Gasteiger partial charge is 0.375 e. The van der Waals surface area contributed by atoms with Crippen LogP contribution in [0.5, 0.6) is 0 Å². The average molecular weight is 503 g/mol. The van der Waals surface area contributed by atoms with Crippen LogP contribution in [-0.4, -0.2) is 58.5 Å². The molecule has 0 saturated heterocycles. The molecule has 1 N–H and O–H groups in total. The van der Waals surface area contributed by atoms with Crippen LogP contribution in [0.1, 0.15) is 23.6 Å². The third-order valence-electron chi connectivity index (χ3n) is 3.76. The summed E-state index contributed by atoms with van der Waals surface area (Å²) in [6.45, 7) is -0.142. The number of ketones is 1. The molecule has 0 fully saturated rings. The van der Waals surface area contributed by atoms with Crippen molar-refractivity contribution >= 4 is 35.4 Å². The van der Waals surface area contributed by atoms with Crippen LogP contribution in [0.4, 0.5) is 0 Å². The van der Waals surface area contributed by atoms with Crippen LogP contribution in [0, 0.1) is 20.2 Å². The topological polar surface area (TPSA) is 204 Å². The largest absolute Gasteiger partial charge is 0.467 e. The number of hydrogen-bond donors (Lipinski definition) is 1. The number of carbonyl (C=O) groups is 4. The van der Waals surface area contributed by atoms with Gasteiger partial charge < -0.3 is 24.5 Å². The number of benzene rings is 1. The van der Waals surface area contributed by atoms with Crippen LogP contribution in [-0.2, 0) is 58.1 Å². The first-order valence-corrected chi connectivity index (χ1v) is 10.5. The minimum absolute atomic E-state index is 0.0242. The van der Waals surface area contributed by atoms with E-state index in [0.717, 1.165) is 18.9 Å². The number of nitrogens with zero attached hydrogens (tertiary/aromatic N) is 2. The first-order valence-electron chi connectivity index (χ1n) is 9.30. The molecule has 1 atom stereocenters. The van der Waals surface area contributed by atoms with Gasteiger partial charge in [-0.1, -0.05) is 18.2 Å². The van der Waals surface area contributed by atoms with Gasteiger partial charge in [-0.15, -0.1) is 20.2 Å². The van der Waals surface area contributed by atoms with Crippen molar-refractivity contribution in [2.24, 2.45) is 0 Å². The van der Waals surface area contributed by atoms with E-state index in [1.165, 1.54) is 25.1 Å². The van der Waals surface area contributed by atoms with Crippen LogP contribution in [0.15, 0.2) is 18.2 Å². The van der Waals surface area contributed by atoms with E-state index in [-0.39, 0.29) is 28.2 Å². The maximum absolute atomic E-state index is 12.0. The summed E-state index contributed by atoms with van der Waals surface area (Å²) < 4.78 is 9.48. The molecule has 16 heteroatoms. The molecule has 186 valence electrons. The Kier molecular flexibility index (Phi) is 11.8. The molecule has 0 heterocycles. The van der Waals surface area contributed by atoms with Gasteiger partial charge in [-0.25, -0.2) is 9.59 Å². The van der Waals surface area contributed by atoms with Gasteiger partial charge in [0.05, 0.1) is 12.9 Å². The monoisotopic (exact) mass is 503 g/mol. The number of rotatable bonds is 15. The van der Waals surface area contributed by atoms with E-state index >= 15 is 0 Å². The highest BCUT2D eigenvalue weighted by molar-refractivity contribution is 8.00. The first-order chi connectivity index (χ1) is 16.0. The van der Waals surface area contributed by atoms with Crippen LogP contribution < -0.4 is 5.32 Å². The Bertz CT molecular complexity index is 903. The predicted octanol–water partition coefficient (Wildman–Crippen LogP) is 0.126. The molecule has 15 nitrogen and oxygen atoms in total. The molecule has 1 amide bonds. The molecule has 0 unspecified atom stereocenters. The van der Waals surface area contributed by atoms with Crippen molar-refractivity contribution in [3.05, 3.63) is 55.1 Å². The second-order valence-corrected chi connectivity index (χ2v) is 7.47. The Morgan fingerprint density at radius 1 is 0.971 bits per heavy atom. The Hall–Kier alpha value is -3.95. The van der Waals surface area contributed by atoms with Crippen molar-refractivity contribution in [1.82, 2.24) is 5.32 Å². The molecule has 1 rings (SSSR count). The summed E-state index contributed by atoms with van der Waals surface area (Å²) in [5.41, 5.74) is 0.776. The third kappa shape index (κ3) is 11.1. The van der Waals surface area contributed by atoms with E-state index in [2.05, 4.69) is 19.7 Å². The summed E-state index contributed by atoms with van der Waals surface area (Å²) >= 11 is 0.902. The lowest BCUT2D eigenvalue weighted by atomic mass is 10.1. The number of amides is 1. The SMILES string of the molecule is COC(=O)[C@@H](CSCC(=O)C(=O)OCc1cc(CO[N+](=O)[O-])cc(CO[N+](=O)[O-])c1)NC(C)=O.